The van der Waals surface area contributed by atoms with Crippen molar-refractivity contribution < 1.29 is 23.1 Å². The topological polar surface area (TPSA) is 68.0 Å². The van der Waals surface area contributed by atoms with Crippen molar-refractivity contribution in [3.63, 3.8) is 0 Å². The maximum atomic E-state index is 12.9. The van der Waals surface area contributed by atoms with E-state index in [-0.39, 0.29) is 22.8 Å². The molecule has 1 heterocycles. The number of hydrogen-bond donors (Lipinski definition) is 1. The minimum Gasteiger partial charge on any atom is -0.476 e. The van der Waals surface area contributed by atoms with E-state index in [1.54, 1.807) is 0 Å². The zero-order valence-electron chi connectivity index (χ0n) is 13.1. The lowest BCUT2D eigenvalue weighted by atomic mass is 10.2. The molecule has 26 heavy (non-hydrogen) atoms. The van der Waals surface area contributed by atoms with Crippen LogP contribution < -0.4 is 0 Å². The molecule has 0 bridgehead atoms. The van der Waals surface area contributed by atoms with Crippen molar-refractivity contribution in [1.82, 2.24) is 15.0 Å². The third-order valence-electron chi connectivity index (χ3n) is 3.50. The van der Waals surface area contributed by atoms with Crippen LogP contribution in [0.2, 0.25) is 0 Å². The van der Waals surface area contributed by atoms with Gasteiger partial charge in [-0.2, -0.15) is 13.2 Å². The Balaban J connectivity index is 1.99. The second-order valence-corrected chi connectivity index (χ2v) is 6.30. The van der Waals surface area contributed by atoms with Gasteiger partial charge < -0.3 is 5.11 Å². The van der Waals surface area contributed by atoms with Gasteiger partial charge in [-0.1, -0.05) is 29.5 Å². The van der Waals surface area contributed by atoms with Crippen molar-refractivity contribution in [3.8, 4) is 5.69 Å². The van der Waals surface area contributed by atoms with E-state index < -0.39 is 17.7 Å². The average molecular weight is 379 g/mol. The second kappa shape index (κ2) is 7.20. The van der Waals surface area contributed by atoms with Crippen LogP contribution in [0.25, 0.3) is 5.69 Å². The molecule has 5 nitrogen and oxygen atoms in total. The number of carboxylic acid groups (broad SMARTS) is 1. The monoisotopic (exact) mass is 379 g/mol. The summed E-state index contributed by atoms with van der Waals surface area (Å²) in [7, 11) is 0. The zero-order chi connectivity index (χ0) is 18.7. The maximum absolute atomic E-state index is 12.9. The third kappa shape index (κ3) is 3.88. The highest BCUT2D eigenvalue weighted by Gasteiger charge is 2.31. The van der Waals surface area contributed by atoms with E-state index in [0.29, 0.717) is 0 Å². The number of carboxylic acids is 1. The van der Waals surface area contributed by atoms with Gasteiger partial charge in [0.25, 0.3) is 0 Å². The van der Waals surface area contributed by atoms with Crippen LogP contribution in [0.15, 0.2) is 59.5 Å². The van der Waals surface area contributed by atoms with E-state index in [1.165, 1.54) is 23.9 Å². The van der Waals surface area contributed by atoms with Crippen LogP contribution in [-0.2, 0) is 11.9 Å². The zero-order valence-corrected chi connectivity index (χ0v) is 14.0. The molecule has 1 N–H and O–H groups in total. The van der Waals surface area contributed by atoms with Crippen LogP contribution in [0.3, 0.4) is 0 Å². The standard InChI is InChI=1S/C17H12F3N3O2S/c18-17(19,20)11-5-4-6-12(9-11)23-14(15(16(24)25)21-22-23)10-26-13-7-2-1-3-8-13/h1-9H,10H2,(H,24,25). The van der Waals surface area contributed by atoms with Crippen LogP contribution in [0.4, 0.5) is 13.2 Å². The predicted octanol–water partition coefficient (Wildman–Crippen LogP) is 4.28. The molecule has 0 fully saturated rings. The summed E-state index contributed by atoms with van der Waals surface area (Å²) in [6.45, 7) is 0. The van der Waals surface area contributed by atoms with E-state index in [2.05, 4.69) is 10.3 Å². The van der Waals surface area contributed by atoms with Gasteiger partial charge in [-0.05, 0) is 30.3 Å². The van der Waals surface area contributed by atoms with Gasteiger partial charge in [0, 0.05) is 10.6 Å². The molecule has 3 rings (SSSR count). The SMILES string of the molecule is O=C(O)c1nnn(-c2cccc(C(F)(F)F)c2)c1CSc1ccccc1. The van der Waals surface area contributed by atoms with Crippen molar-refractivity contribution in [2.75, 3.05) is 0 Å². The molecule has 0 spiro atoms. The van der Waals surface area contributed by atoms with Crippen LogP contribution in [0, 0.1) is 0 Å². The summed E-state index contributed by atoms with van der Waals surface area (Å²) in [6, 6.07) is 13.7. The Morgan fingerprint density at radius 1 is 1.12 bits per heavy atom. The number of alkyl halides is 3. The summed E-state index contributed by atoms with van der Waals surface area (Å²) in [5.74, 6) is -1.10. The van der Waals surface area contributed by atoms with Crippen molar-refractivity contribution in [2.24, 2.45) is 0 Å². The first-order valence-electron chi connectivity index (χ1n) is 7.39. The summed E-state index contributed by atoms with van der Waals surface area (Å²) in [5, 5.41) is 16.7. The number of rotatable bonds is 5. The molecule has 0 unspecified atom stereocenters. The molecule has 0 aliphatic rings. The Labute approximate surface area is 150 Å². The molecule has 134 valence electrons. The summed E-state index contributed by atoms with van der Waals surface area (Å²) < 4.78 is 40.0. The Bertz CT molecular complexity index is 927. The molecule has 3 aromatic rings. The van der Waals surface area contributed by atoms with E-state index in [9.17, 15) is 23.1 Å². The minimum absolute atomic E-state index is 0.100. The molecule has 0 aliphatic carbocycles. The first-order chi connectivity index (χ1) is 12.4. The summed E-state index contributed by atoms with van der Waals surface area (Å²) in [5.41, 5.74) is -0.816. The average Bonchev–Trinajstić information content (AvgIpc) is 3.04. The van der Waals surface area contributed by atoms with E-state index in [4.69, 9.17) is 0 Å². The number of aromatic carboxylic acids is 1. The summed E-state index contributed by atoms with van der Waals surface area (Å²) in [6.07, 6.45) is -4.51. The van der Waals surface area contributed by atoms with Gasteiger partial charge in [-0.25, -0.2) is 9.48 Å². The highest BCUT2D eigenvalue weighted by atomic mass is 32.2. The van der Waals surface area contributed by atoms with Crippen LogP contribution >= 0.6 is 11.8 Å². The van der Waals surface area contributed by atoms with E-state index in [1.807, 2.05) is 30.3 Å². The van der Waals surface area contributed by atoms with Gasteiger partial charge in [-0.15, -0.1) is 16.9 Å². The number of thioether (sulfide) groups is 1. The first kappa shape index (κ1) is 18.0. The Kier molecular flexibility index (Phi) is 4.99. The fourth-order valence-electron chi connectivity index (χ4n) is 2.29. The van der Waals surface area contributed by atoms with Gasteiger partial charge >= 0.3 is 12.1 Å². The number of hydrogen-bond acceptors (Lipinski definition) is 4. The van der Waals surface area contributed by atoms with Gasteiger partial charge in [0.1, 0.15) is 0 Å². The highest BCUT2D eigenvalue weighted by Crippen LogP contribution is 2.31. The lowest BCUT2D eigenvalue weighted by Crippen LogP contribution is -2.09. The first-order valence-corrected chi connectivity index (χ1v) is 8.38. The third-order valence-corrected chi connectivity index (χ3v) is 4.53. The molecular weight excluding hydrogens is 367 g/mol. The molecule has 9 heteroatoms. The van der Waals surface area contributed by atoms with Gasteiger partial charge in [0.15, 0.2) is 5.69 Å². The lowest BCUT2D eigenvalue weighted by Gasteiger charge is -2.10. The van der Waals surface area contributed by atoms with Crippen molar-refractivity contribution in [3.05, 3.63) is 71.5 Å². The Hall–Kier alpha value is -2.81. The second-order valence-electron chi connectivity index (χ2n) is 5.25. The molecule has 2 aromatic carbocycles. The highest BCUT2D eigenvalue weighted by molar-refractivity contribution is 7.98. The smallest absolute Gasteiger partial charge is 0.416 e. The summed E-state index contributed by atoms with van der Waals surface area (Å²) >= 11 is 1.34. The van der Waals surface area contributed by atoms with Crippen LogP contribution in [-0.4, -0.2) is 26.1 Å². The lowest BCUT2D eigenvalue weighted by molar-refractivity contribution is -0.137. The fourth-order valence-corrected chi connectivity index (χ4v) is 3.20. The fraction of sp³-hybridized carbons (Fsp3) is 0.118. The molecule has 0 amide bonds. The molecule has 0 saturated carbocycles. The number of nitrogens with zero attached hydrogens (tertiary/aromatic N) is 3. The summed E-state index contributed by atoms with van der Waals surface area (Å²) in [4.78, 5) is 12.3. The molecule has 0 saturated heterocycles. The Morgan fingerprint density at radius 3 is 2.50 bits per heavy atom. The molecule has 0 atom stereocenters. The normalized spacial score (nSPS) is 11.5. The van der Waals surface area contributed by atoms with Crippen molar-refractivity contribution in [1.29, 1.82) is 0 Å². The molecule has 1 aromatic heterocycles. The van der Waals surface area contributed by atoms with E-state index in [0.717, 1.165) is 21.7 Å². The van der Waals surface area contributed by atoms with E-state index >= 15 is 0 Å². The predicted molar refractivity (Wildman–Crippen MR) is 89.3 cm³/mol. The quantitative estimate of drug-likeness (QED) is 0.671. The Morgan fingerprint density at radius 2 is 1.85 bits per heavy atom. The van der Waals surface area contributed by atoms with Crippen molar-refractivity contribution >= 4 is 17.7 Å². The maximum Gasteiger partial charge on any atom is 0.416 e. The number of benzene rings is 2. The molecular formula is C17H12F3N3O2S. The van der Waals surface area contributed by atoms with Crippen LogP contribution in [0.5, 0.6) is 0 Å². The number of carbonyl (C=O) groups is 1. The van der Waals surface area contributed by atoms with Gasteiger partial charge in [0.2, 0.25) is 0 Å². The number of halogens is 3. The molecule has 0 aliphatic heterocycles. The van der Waals surface area contributed by atoms with Gasteiger partial charge in [0.05, 0.1) is 16.9 Å². The molecule has 0 radical (unpaired) electrons. The van der Waals surface area contributed by atoms with Crippen molar-refractivity contribution in [2.45, 2.75) is 16.8 Å². The minimum atomic E-state index is -4.51. The van der Waals surface area contributed by atoms with Crippen LogP contribution in [0.1, 0.15) is 21.7 Å². The number of aromatic nitrogens is 3. The van der Waals surface area contributed by atoms with Gasteiger partial charge in [-0.3, -0.25) is 0 Å². The largest absolute Gasteiger partial charge is 0.476 e.